The van der Waals surface area contributed by atoms with Crippen molar-refractivity contribution in [3.05, 3.63) is 307 Å². The van der Waals surface area contributed by atoms with E-state index in [1.807, 2.05) is 193 Å². The molecule has 9 nitrogen and oxygen atoms in total. The van der Waals surface area contributed by atoms with E-state index in [-0.39, 0.29) is 27.6 Å². The lowest BCUT2D eigenvalue weighted by atomic mass is 10.1. The van der Waals surface area contributed by atoms with Gasteiger partial charge in [0.25, 0.3) is 0 Å². The maximum atomic E-state index is 12.6. The van der Waals surface area contributed by atoms with Crippen molar-refractivity contribution in [2.45, 2.75) is 59.2 Å². The third-order valence-electron chi connectivity index (χ3n) is 16.1. The maximum absolute atomic E-state index is 12.6. The Kier molecular flexibility index (Phi) is 28.4. The maximum Gasteiger partial charge on any atom is 0.228 e. The SMILES string of the molecule is CC(=O)n1c2ccccc2c(=O)c2ccccc21.CCn1c2ccccc2c(=O)c2ccccc21.O=c1c2ccccc2n(CCCCSP)c2ccccc12.O=c1c2ccccc2n(CCSP)c2ccccc12.PSCCc1ccccc1.PSCCc1ccccc1. The van der Waals surface area contributed by atoms with E-state index < -0.39 is 0 Å². The molecule has 95 heavy (non-hydrogen) atoms. The molecule has 4 heterocycles. The summed E-state index contributed by atoms with van der Waals surface area (Å²) in [5.41, 5.74) is 10.7. The van der Waals surface area contributed by atoms with Crippen LogP contribution in [-0.4, -0.2) is 47.2 Å². The van der Waals surface area contributed by atoms with Crippen molar-refractivity contribution in [3.8, 4) is 0 Å². The van der Waals surface area contributed by atoms with Crippen LogP contribution in [-0.2, 0) is 32.5 Å². The number of fused-ring (bicyclic) bond motifs is 8. The highest BCUT2D eigenvalue weighted by molar-refractivity contribution is 8.44. The molecule has 14 aromatic rings. The van der Waals surface area contributed by atoms with Crippen LogP contribution >= 0.6 is 79.3 Å². The van der Waals surface area contributed by atoms with Gasteiger partial charge in [-0.05, 0) is 147 Å². The Morgan fingerprint density at radius 2 is 0.558 bits per heavy atom. The second-order valence-corrected chi connectivity index (χ2v) is 29.0. The van der Waals surface area contributed by atoms with Crippen LogP contribution in [0.5, 0.6) is 0 Å². The summed E-state index contributed by atoms with van der Waals surface area (Å²) >= 11 is 7.17. The summed E-state index contributed by atoms with van der Waals surface area (Å²) in [7, 11) is 10.7. The van der Waals surface area contributed by atoms with Gasteiger partial charge in [-0.1, -0.05) is 191 Å². The van der Waals surface area contributed by atoms with Crippen molar-refractivity contribution < 1.29 is 4.79 Å². The van der Waals surface area contributed by atoms with Gasteiger partial charge in [0.05, 0.1) is 44.1 Å². The van der Waals surface area contributed by atoms with Crippen molar-refractivity contribution >= 4 is 172 Å². The highest BCUT2D eigenvalue weighted by Gasteiger charge is 2.14. The summed E-state index contributed by atoms with van der Waals surface area (Å²) in [6.07, 6.45) is 4.66. The van der Waals surface area contributed by atoms with Crippen molar-refractivity contribution in [2.75, 3.05) is 23.0 Å². The summed E-state index contributed by atoms with van der Waals surface area (Å²) in [5, 5.41) is 5.98. The van der Waals surface area contributed by atoms with Crippen molar-refractivity contribution in [1.29, 1.82) is 0 Å². The van der Waals surface area contributed by atoms with Crippen LogP contribution < -0.4 is 21.7 Å². The van der Waals surface area contributed by atoms with Crippen molar-refractivity contribution in [1.82, 2.24) is 18.3 Å². The highest BCUT2D eigenvalue weighted by Crippen LogP contribution is 2.25. The zero-order valence-electron chi connectivity index (χ0n) is 53.3. The van der Waals surface area contributed by atoms with Gasteiger partial charge in [0.15, 0.2) is 21.7 Å². The fourth-order valence-electron chi connectivity index (χ4n) is 11.6. The summed E-state index contributed by atoms with van der Waals surface area (Å²) in [6, 6.07) is 82.6. The van der Waals surface area contributed by atoms with Crippen LogP contribution in [0.15, 0.2) is 274 Å². The van der Waals surface area contributed by atoms with Gasteiger partial charge in [0.1, 0.15) is 0 Å². The average molecular weight is 1400 g/mol. The Hall–Kier alpha value is -7.13. The smallest absolute Gasteiger partial charge is 0.228 e. The first-order valence-corrected chi connectivity index (χ1v) is 41.3. The van der Waals surface area contributed by atoms with E-state index >= 15 is 0 Å². The second-order valence-electron chi connectivity index (χ2n) is 22.0. The third kappa shape index (κ3) is 18.3. The number of aromatic nitrogens is 4. The minimum absolute atomic E-state index is 0.0290. The molecular weight excluding hydrogens is 1330 g/mol. The van der Waals surface area contributed by atoms with Gasteiger partial charge in [0.2, 0.25) is 5.91 Å². The molecule has 0 saturated heterocycles. The number of nitrogens with zero attached hydrogens (tertiary/aromatic N) is 4. The fourth-order valence-corrected chi connectivity index (χ4v) is 14.5. The van der Waals surface area contributed by atoms with Crippen LogP contribution in [0.4, 0.5) is 0 Å². The molecule has 4 atom stereocenters. The van der Waals surface area contributed by atoms with E-state index in [1.54, 1.807) is 51.6 Å². The first-order valence-electron chi connectivity index (χ1n) is 31.4. The molecular formula is C78H78N4O5P4S4. The van der Waals surface area contributed by atoms with Gasteiger partial charge in [-0.2, -0.15) is 0 Å². The van der Waals surface area contributed by atoms with Gasteiger partial charge < -0.3 is 13.7 Å². The molecule has 0 N–H and O–H groups in total. The Morgan fingerprint density at radius 1 is 0.305 bits per heavy atom. The molecule has 0 radical (unpaired) electrons. The summed E-state index contributed by atoms with van der Waals surface area (Å²) < 4.78 is 8.31. The van der Waals surface area contributed by atoms with E-state index in [0.29, 0.717) is 21.8 Å². The Morgan fingerprint density at radius 3 is 0.842 bits per heavy atom. The summed E-state index contributed by atoms with van der Waals surface area (Å²) in [4.78, 5) is 61.6. The number of rotatable bonds is 15. The topological polar surface area (TPSA) is 105 Å². The third-order valence-corrected chi connectivity index (χ3v) is 20.7. The first kappa shape index (κ1) is 72.1. The molecule has 484 valence electrons. The monoisotopic (exact) mass is 1400 g/mol. The number of unbranched alkanes of at least 4 members (excludes halogenated alkanes) is 1. The molecule has 0 amide bonds. The van der Waals surface area contributed by atoms with Crippen LogP contribution in [0, 0.1) is 0 Å². The number of aryl methyl sites for hydroxylation is 5. The molecule has 10 aromatic carbocycles. The number of pyridine rings is 4. The number of hydrogen-bond donors (Lipinski definition) is 0. The predicted octanol–water partition coefficient (Wildman–Crippen LogP) is 19.6. The van der Waals surface area contributed by atoms with Crippen LogP contribution in [0.25, 0.3) is 87.2 Å². The van der Waals surface area contributed by atoms with Crippen molar-refractivity contribution in [3.63, 3.8) is 0 Å². The molecule has 17 heteroatoms. The van der Waals surface area contributed by atoms with E-state index in [1.165, 1.54) is 48.8 Å². The molecule has 4 unspecified atom stereocenters. The van der Waals surface area contributed by atoms with Crippen LogP contribution in [0.3, 0.4) is 0 Å². The van der Waals surface area contributed by atoms with Gasteiger partial charge in [-0.25, -0.2) is 0 Å². The lowest BCUT2D eigenvalue weighted by Crippen LogP contribution is -2.15. The highest BCUT2D eigenvalue weighted by atomic mass is 32.7. The fraction of sp³-hybridized carbons (Fsp3) is 0.167. The van der Waals surface area contributed by atoms with E-state index in [0.717, 1.165) is 103 Å². The molecule has 0 saturated carbocycles. The minimum Gasteiger partial charge on any atom is -0.341 e. The van der Waals surface area contributed by atoms with Gasteiger partial charge in [-0.15, -0.1) is 45.5 Å². The normalized spacial score (nSPS) is 10.8. The second kappa shape index (κ2) is 37.4. The number of para-hydroxylation sites is 8. The van der Waals surface area contributed by atoms with Crippen LogP contribution in [0.1, 0.15) is 42.6 Å². The number of hydrogen-bond acceptors (Lipinski definition) is 9. The molecule has 4 aromatic heterocycles. The average Bonchev–Trinajstić information content (AvgIpc) is 0.837. The molecule has 0 aliphatic heterocycles. The number of carbonyl (C=O) groups is 1. The van der Waals surface area contributed by atoms with Gasteiger partial charge in [0, 0.05) is 86.9 Å². The Balaban J connectivity index is 0.000000137. The van der Waals surface area contributed by atoms with E-state index in [4.69, 9.17) is 0 Å². The lowest BCUT2D eigenvalue weighted by Gasteiger charge is -2.15. The quantitative estimate of drug-likeness (QED) is 0.0564. The molecule has 0 aliphatic rings. The molecule has 14 rings (SSSR count). The molecule has 0 bridgehead atoms. The summed E-state index contributed by atoms with van der Waals surface area (Å²) in [5.74, 6) is 4.44. The van der Waals surface area contributed by atoms with E-state index in [9.17, 15) is 24.0 Å². The lowest BCUT2D eigenvalue weighted by molar-refractivity contribution is 0.0946. The molecule has 0 spiro atoms. The van der Waals surface area contributed by atoms with E-state index in [2.05, 4.69) is 115 Å². The van der Waals surface area contributed by atoms with Crippen LogP contribution in [0.2, 0.25) is 0 Å². The molecule has 0 aliphatic carbocycles. The predicted molar refractivity (Wildman–Crippen MR) is 433 cm³/mol. The Labute approximate surface area is 580 Å². The molecule has 0 fully saturated rings. The standard InChI is InChI=1S/C17H18NOPS.C15H11NO2.C15H14NOPS.C15H13NO.2C8H11PS/c19-17-13-7-1-3-9-15(13)18(11-5-6-12-21-20)16-10-4-2-8-14(16)17;1-10(17)16-13-8-4-2-6-11(13)15(18)12-7-3-5-9-14(12)16;17-15-11-5-1-3-7-13(11)16(9-10-19-18)14-8-4-2-6-12(14)15;1-2-16-13-9-5-3-7-11(13)15(17)12-8-4-6-10-14(12)16;2*9-10-7-6-8-4-2-1-3-5-8/h1-4,7-10H,5-6,11-12,20H2;2-9H,1H3;1-8H,9-10,18H2;3-10H,2H2,1H3;2*1-5H,6-7,9H2. The zero-order chi connectivity index (χ0) is 66.9. The summed E-state index contributed by atoms with van der Waals surface area (Å²) in [6.45, 7) is 6.32. The minimum atomic E-state index is -0.0950. The number of carbonyl (C=O) groups excluding carboxylic acids is 1. The van der Waals surface area contributed by atoms with Crippen molar-refractivity contribution in [2.24, 2.45) is 0 Å². The van der Waals surface area contributed by atoms with Gasteiger partial charge >= 0.3 is 0 Å². The van der Waals surface area contributed by atoms with Gasteiger partial charge in [-0.3, -0.25) is 28.5 Å². The zero-order valence-corrected chi connectivity index (χ0v) is 61.2. The largest absolute Gasteiger partial charge is 0.341 e. The number of benzene rings is 10. The first-order chi connectivity index (χ1) is 46.5. The Bertz CT molecular complexity index is 4850.